The Hall–Kier alpha value is -2.27. The van der Waals surface area contributed by atoms with E-state index in [0.717, 1.165) is 56.2 Å². The highest BCUT2D eigenvalue weighted by molar-refractivity contribution is 5.88. The highest BCUT2D eigenvalue weighted by atomic mass is 16.7. The van der Waals surface area contributed by atoms with Crippen LogP contribution in [0.5, 0.6) is 11.5 Å². The van der Waals surface area contributed by atoms with Gasteiger partial charge in [0.15, 0.2) is 11.5 Å². The van der Waals surface area contributed by atoms with Crippen molar-refractivity contribution in [1.29, 1.82) is 0 Å². The van der Waals surface area contributed by atoms with Gasteiger partial charge in [-0.05, 0) is 41.9 Å². The van der Waals surface area contributed by atoms with E-state index < -0.39 is 0 Å². The van der Waals surface area contributed by atoms with Gasteiger partial charge < -0.3 is 19.1 Å². The molecular formula is C25H35NO4. The first-order chi connectivity index (χ1) is 14.3. The van der Waals surface area contributed by atoms with Crippen LogP contribution in [0.25, 0.3) is 6.08 Å². The minimum absolute atomic E-state index is 0.0637. The lowest BCUT2D eigenvalue weighted by Crippen LogP contribution is -2.27. The van der Waals surface area contributed by atoms with Crippen molar-refractivity contribution in [2.75, 3.05) is 33.1 Å². The molecule has 0 radical (unpaired) electrons. The van der Waals surface area contributed by atoms with Crippen molar-refractivity contribution in [3.8, 4) is 11.5 Å². The van der Waals surface area contributed by atoms with E-state index in [2.05, 4.69) is 27.7 Å². The van der Waals surface area contributed by atoms with Crippen LogP contribution in [0, 0.1) is 17.3 Å². The summed E-state index contributed by atoms with van der Waals surface area (Å²) in [6.45, 7) is 12.5. The lowest BCUT2D eigenvalue weighted by Gasteiger charge is -2.29. The Morgan fingerprint density at radius 1 is 1.27 bits per heavy atom. The van der Waals surface area contributed by atoms with Crippen LogP contribution in [-0.4, -0.2) is 43.9 Å². The van der Waals surface area contributed by atoms with E-state index in [0.29, 0.717) is 17.3 Å². The van der Waals surface area contributed by atoms with E-state index in [4.69, 9.17) is 14.2 Å². The molecule has 0 aliphatic carbocycles. The summed E-state index contributed by atoms with van der Waals surface area (Å²) < 4.78 is 16.6. The number of hydrogen-bond acceptors (Lipinski definition) is 4. The molecule has 1 fully saturated rings. The fourth-order valence-corrected chi connectivity index (χ4v) is 3.47. The molecule has 0 aromatic heterocycles. The number of amides is 1. The van der Waals surface area contributed by atoms with E-state index >= 15 is 0 Å². The first kappa shape index (κ1) is 22.4. The van der Waals surface area contributed by atoms with Gasteiger partial charge >= 0.3 is 0 Å². The van der Waals surface area contributed by atoms with Gasteiger partial charge in [-0.15, -0.1) is 0 Å². The van der Waals surface area contributed by atoms with Crippen molar-refractivity contribution < 1.29 is 19.0 Å². The fraction of sp³-hybridized carbons (Fsp3) is 0.560. The standard InChI is InChI=1S/C25H35NO4/c1-19(2)25(3,4)12-14-28-17-21-11-13-26(16-21)24(27)8-6-5-7-20-9-10-22-23(15-20)30-18-29-22/h5-10,15,19,21H,11-14,16-18H2,1-4H3. The van der Waals surface area contributed by atoms with E-state index in [1.807, 2.05) is 35.3 Å². The molecular weight excluding hydrogens is 378 g/mol. The third kappa shape index (κ3) is 6.11. The maximum absolute atomic E-state index is 12.4. The SMILES string of the molecule is CC(C)C(C)(C)CCOCC1CCN(C(=O)C=CC=Cc2ccc3c(c2)OCO3)C1. The Balaban J connectivity index is 1.37. The van der Waals surface area contributed by atoms with Crippen LogP contribution in [0.1, 0.15) is 46.1 Å². The van der Waals surface area contributed by atoms with Crippen molar-refractivity contribution in [2.45, 2.75) is 40.5 Å². The number of benzene rings is 1. The number of hydrogen-bond donors (Lipinski definition) is 0. The van der Waals surface area contributed by atoms with Crippen molar-refractivity contribution in [1.82, 2.24) is 4.90 Å². The molecule has 2 aliphatic rings. The average molecular weight is 414 g/mol. The Morgan fingerprint density at radius 3 is 2.87 bits per heavy atom. The lowest BCUT2D eigenvalue weighted by atomic mass is 9.79. The van der Waals surface area contributed by atoms with Gasteiger partial charge in [-0.25, -0.2) is 0 Å². The summed E-state index contributed by atoms with van der Waals surface area (Å²) in [7, 11) is 0. The van der Waals surface area contributed by atoms with Crippen molar-refractivity contribution in [2.24, 2.45) is 17.3 Å². The van der Waals surface area contributed by atoms with Gasteiger partial charge in [-0.2, -0.15) is 0 Å². The summed E-state index contributed by atoms with van der Waals surface area (Å²) in [5, 5.41) is 0. The quantitative estimate of drug-likeness (QED) is 0.327. The predicted molar refractivity (Wildman–Crippen MR) is 119 cm³/mol. The third-order valence-electron chi connectivity index (χ3n) is 6.44. The van der Waals surface area contributed by atoms with Gasteiger partial charge in [0.1, 0.15) is 0 Å². The molecule has 1 atom stereocenters. The van der Waals surface area contributed by atoms with Crippen LogP contribution in [0.2, 0.25) is 0 Å². The summed E-state index contributed by atoms with van der Waals surface area (Å²) in [6.07, 6.45) is 9.34. The molecule has 1 amide bonds. The molecule has 1 saturated heterocycles. The highest BCUT2D eigenvalue weighted by Gasteiger charge is 2.26. The molecule has 0 N–H and O–H groups in total. The zero-order valence-electron chi connectivity index (χ0n) is 18.7. The number of rotatable bonds is 9. The lowest BCUT2D eigenvalue weighted by molar-refractivity contribution is -0.125. The molecule has 0 spiro atoms. The second-order valence-corrected chi connectivity index (χ2v) is 9.24. The number of likely N-dealkylation sites (tertiary alicyclic amines) is 1. The zero-order valence-corrected chi connectivity index (χ0v) is 18.7. The van der Waals surface area contributed by atoms with Crippen molar-refractivity contribution >= 4 is 12.0 Å². The van der Waals surface area contributed by atoms with Gasteiger partial charge in [0.25, 0.3) is 0 Å². The van der Waals surface area contributed by atoms with Crippen LogP contribution in [0.15, 0.2) is 36.4 Å². The largest absolute Gasteiger partial charge is 0.454 e. The molecule has 5 nitrogen and oxygen atoms in total. The summed E-state index contributed by atoms with van der Waals surface area (Å²) in [6, 6.07) is 5.79. The monoisotopic (exact) mass is 413 g/mol. The van der Waals surface area contributed by atoms with Crippen molar-refractivity contribution in [3.05, 3.63) is 42.0 Å². The van der Waals surface area contributed by atoms with Gasteiger partial charge in [-0.1, -0.05) is 52.0 Å². The molecule has 1 aromatic carbocycles. The maximum atomic E-state index is 12.4. The molecule has 1 unspecified atom stereocenters. The molecule has 2 heterocycles. The number of fused-ring (bicyclic) bond motifs is 1. The summed E-state index contributed by atoms with van der Waals surface area (Å²) in [4.78, 5) is 14.3. The number of carbonyl (C=O) groups is 1. The Morgan fingerprint density at radius 2 is 2.07 bits per heavy atom. The Bertz CT molecular complexity index is 781. The first-order valence-electron chi connectivity index (χ1n) is 11.0. The van der Waals surface area contributed by atoms with Crippen LogP contribution in [-0.2, 0) is 9.53 Å². The molecule has 164 valence electrons. The predicted octanol–water partition coefficient (Wildman–Crippen LogP) is 4.92. The summed E-state index contributed by atoms with van der Waals surface area (Å²) in [5.41, 5.74) is 1.31. The molecule has 5 heteroatoms. The Kier molecular flexibility index (Phi) is 7.59. The molecule has 1 aromatic rings. The second-order valence-electron chi connectivity index (χ2n) is 9.24. The molecule has 0 saturated carbocycles. The topological polar surface area (TPSA) is 48.0 Å². The normalized spacial score (nSPS) is 19.0. The van der Waals surface area contributed by atoms with Crippen LogP contribution < -0.4 is 9.47 Å². The number of nitrogens with zero attached hydrogens (tertiary/aromatic N) is 1. The highest BCUT2D eigenvalue weighted by Crippen LogP contribution is 2.33. The Labute approximate surface area is 180 Å². The minimum Gasteiger partial charge on any atom is -0.454 e. The van der Waals surface area contributed by atoms with Gasteiger partial charge in [0, 0.05) is 31.7 Å². The minimum atomic E-state index is 0.0637. The molecule has 30 heavy (non-hydrogen) atoms. The number of carbonyl (C=O) groups excluding carboxylic acids is 1. The van der Waals surface area contributed by atoms with Gasteiger partial charge in [-0.3, -0.25) is 4.79 Å². The van der Waals surface area contributed by atoms with Crippen molar-refractivity contribution in [3.63, 3.8) is 0 Å². The van der Waals surface area contributed by atoms with E-state index in [1.165, 1.54) is 0 Å². The molecule has 0 bridgehead atoms. The number of ether oxygens (including phenoxy) is 3. The molecule has 3 rings (SSSR count). The second kappa shape index (κ2) is 10.2. The summed E-state index contributed by atoms with van der Waals surface area (Å²) in [5.74, 6) is 2.68. The number of allylic oxidation sites excluding steroid dienone is 2. The van der Waals surface area contributed by atoms with Crippen LogP contribution >= 0.6 is 0 Å². The van der Waals surface area contributed by atoms with E-state index in [-0.39, 0.29) is 12.7 Å². The van der Waals surface area contributed by atoms with Crippen LogP contribution in [0.4, 0.5) is 0 Å². The van der Waals surface area contributed by atoms with Crippen LogP contribution in [0.3, 0.4) is 0 Å². The molecule has 2 aliphatic heterocycles. The van der Waals surface area contributed by atoms with E-state index in [1.54, 1.807) is 12.2 Å². The van der Waals surface area contributed by atoms with Gasteiger partial charge in [0.05, 0.1) is 6.61 Å². The van der Waals surface area contributed by atoms with Gasteiger partial charge in [0.2, 0.25) is 12.7 Å². The van der Waals surface area contributed by atoms with E-state index in [9.17, 15) is 4.79 Å². The fourth-order valence-electron chi connectivity index (χ4n) is 3.47. The smallest absolute Gasteiger partial charge is 0.246 e. The first-order valence-corrected chi connectivity index (χ1v) is 11.0. The third-order valence-corrected chi connectivity index (χ3v) is 6.44. The zero-order chi connectivity index (χ0) is 21.6. The summed E-state index contributed by atoms with van der Waals surface area (Å²) >= 11 is 0. The maximum Gasteiger partial charge on any atom is 0.246 e. The average Bonchev–Trinajstić information content (AvgIpc) is 3.37.